The topological polar surface area (TPSA) is 55.7 Å². The fraction of sp³-hybridized carbons (Fsp3) is 0.421. The molecule has 2 aliphatic heterocycles. The molecule has 5 rings (SSSR count). The lowest BCUT2D eigenvalue weighted by Gasteiger charge is -2.13. The first-order valence-electron chi connectivity index (χ1n) is 16.7. The van der Waals surface area contributed by atoms with Gasteiger partial charge in [-0.15, -0.1) is 0 Å². The summed E-state index contributed by atoms with van der Waals surface area (Å²) < 4.78 is 16.0. The van der Waals surface area contributed by atoms with Crippen molar-refractivity contribution in [1.29, 1.82) is 0 Å². The highest BCUT2D eigenvalue weighted by molar-refractivity contribution is 6.36. The molecule has 0 N–H and O–H groups in total. The minimum absolute atomic E-state index is 0.668. The molecule has 0 aromatic heterocycles. The SMILES string of the molecule is CCCCN1CC[N+](C)=C1C(=Nc1ccc(-c2ccc(-c3ccc(N=C(OC)C4=[N+](C)CCN4CCCC)cc3)cc2)cc1)OC. The van der Waals surface area contributed by atoms with Crippen LogP contribution in [0.4, 0.5) is 11.4 Å². The number of nitrogens with zero attached hydrogens (tertiary/aromatic N) is 6. The zero-order valence-corrected chi connectivity index (χ0v) is 28.5. The maximum absolute atomic E-state index is 5.78. The highest BCUT2D eigenvalue weighted by Crippen LogP contribution is 2.28. The van der Waals surface area contributed by atoms with Crippen LogP contribution in [-0.2, 0) is 9.47 Å². The molecule has 0 unspecified atom stereocenters. The number of benzene rings is 3. The molecule has 0 amide bonds. The van der Waals surface area contributed by atoms with Crippen LogP contribution < -0.4 is 0 Å². The molecule has 0 atom stereocenters. The van der Waals surface area contributed by atoms with E-state index >= 15 is 0 Å². The molecular formula is C38H50N6O2+2. The summed E-state index contributed by atoms with van der Waals surface area (Å²) in [5, 5.41) is 0. The Kier molecular flexibility index (Phi) is 11.2. The Labute approximate surface area is 275 Å². The monoisotopic (exact) mass is 622 g/mol. The minimum atomic E-state index is 0.668. The van der Waals surface area contributed by atoms with Crippen LogP contribution in [-0.4, -0.2) is 110 Å². The van der Waals surface area contributed by atoms with E-state index in [-0.39, 0.29) is 0 Å². The van der Waals surface area contributed by atoms with Crippen LogP contribution in [0.3, 0.4) is 0 Å². The summed E-state index contributed by atoms with van der Waals surface area (Å²) >= 11 is 0. The van der Waals surface area contributed by atoms with E-state index in [0.717, 1.165) is 97.4 Å². The minimum Gasteiger partial charge on any atom is -0.475 e. The number of likely N-dealkylation sites (N-methyl/N-ethyl adjacent to an activating group) is 2. The Morgan fingerprint density at radius 2 is 0.913 bits per heavy atom. The van der Waals surface area contributed by atoms with Crippen LogP contribution in [0.25, 0.3) is 22.3 Å². The number of rotatable bonds is 12. The van der Waals surface area contributed by atoms with Crippen molar-refractivity contribution in [1.82, 2.24) is 9.80 Å². The van der Waals surface area contributed by atoms with E-state index in [4.69, 9.17) is 19.5 Å². The van der Waals surface area contributed by atoms with Crippen molar-refractivity contribution in [2.24, 2.45) is 9.98 Å². The van der Waals surface area contributed by atoms with Crippen LogP contribution in [0.2, 0.25) is 0 Å². The first-order valence-corrected chi connectivity index (χ1v) is 16.7. The third kappa shape index (κ3) is 7.66. The second-order valence-corrected chi connectivity index (χ2v) is 12.1. The molecule has 2 aliphatic rings. The zero-order valence-electron chi connectivity index (χ0n) is 28.5. The number of hydrogen-bond acceptors (Lipinski definition) is 6. The predicted molar refractivity (Wildman–Crippen MR) is 191 cm³/mol. The molecular weight excluding hydrogens is 572 g/mol. The van der Waals surface area contributed by atoms with Crippen molar-refractivity contribution in [2.45, 2.75) is 39.5 Å². The molecule has 242 valence electrons. The van der Waals surface area contributed by atoms with Crippen molar-refractivity contribution in [3.63, 3.8) is 0 Å². The Morgan fingerprint density at radius 3 is 1.22 bits per heavy atom. The van der Waals surface area contributed by atoms with Gasteiger partial charge in [0.05, 0.1) is 52.8 Å². The summed E-state index contributed by atoms with van der Waals surface area (Å²) in [7, 11) is 7.64. The van der Waals surface area contributed by atoms with E-state index in [9.17, 15) is 0 Å². The van der Waals surface area contributed by atoms with Crippen LogP contribution in [0.5, 0.6) is 0 Å². The van der Waals surface area contributed by atoms with Gasteiger partial charge in [0.2, 0.25) is 0 Å². The Bertz CT molecular complexity index is 1470. The second kappa shape index (κ2) is 15.7. The van der Waals surface area contributed by atoms with Gasteiger partial charge in [-0.1, -0.05) is 75.2 Å². The predicted octanol–water partition coefficient (Wildman–Crippen LogP) is 6.69. The van der Waals surface area contributed by atoms with Crippen molar-refractivity contribution < 1.29 is 18.6 Å². The lowest BCUT2D eigenvalue weighted by atomic mass is 10.00. The average Bonchev–Trinajstić information content (AvgIpc) is 3.65. The summed E-state index contributed by atoms with van der Waals surface area (Å²) in [5.74, 6) is 3.48. The van der Waals surface area contributed by atoms with Gasteiger partial charge in [0.25, 0.3) is 0 Å². The molecule has 46 heavy (non-hydrogen) atoms. The van der Waals surface area contributed by atoms with Gasteiger partial charge >= 0.3 is 23.5 Å². The number of hydrogen-bond donors (Lipinski definition) is 0. The number of methoxy groups -OCH3 is 2. The Morgan fingerprint density at radius 1 is 0.587 bits per heavy atom. The first-order chi connectivity index (χ1) is 22.4. The lowest BCUT2D eigenvalue weighted by Crippen LogP contribution is -2.37. The third-order valence-corrected chi connectivity index (χ3v) is 8.81. The van der Waals surface area contributed by atoms with Crippen LogP contribution >= 0.6 is 0 Å². The van der Waals surface area contributed by atoms with Crippen LogP contribution in [0.1, 0.15) is 39.5 Å². The molecule has 0 fully saturated rings. The van der Waals surface area contributed by atoms with E-state index in [0.29, 0.717) is 11.8 Å². The summed E-state index contributed by atoms with van der Waals surface area (Å²) in [6.45, 7) is 10.5. The molecule has 0 bridgehead atoms. The maximum atomic E-state index is 5.78. The fourth-order valence-electron chi connectivity index (χ4n) is 6.10. The van der Waals surface area contributed by atoms with Gasteiger partial charge in [-0.3, -0.25) is 19.0 Å². The zero-order chi connectivity index (χ0) is 32.5. The quantitative estimate of drug-likeness (QED) is 0.128. The molecule has 0 radical (unpaired) electrons. The average molecular weight is 623 g/mol. The summed E-state index contributed by atoms with van der Waals surface area (Å²) in [6.07, 6.45) is 4.66. The van der Waals surface area contributed by atoms with Crippen molar-refractivity contribution in [2.75, 3.05) is 67.6 Å². The number of aliphatic imine (C=N–C) groups is 2. The Balaban J connectivity index is 1.27. The van der Waals surface area contributed by atoms with Gasteiger partial charge < -0.3 is 9.47 Å². The maximum Gasteiger partial charge on any atom is 0.335 e. The summed E-state index contributed by atoms with van der Waals surface area (Å²) in [5.41, 5.74) is 6.40. The van der Waals surface area contributed by atoms with Gasteiger partial charge in [0.15, 0.2) is 0 Å². The second-order valence-electron chi connectivity index (χ2n) is 12.1. The Hall–Kier alpha value is -4.46. The van der Waals surface area contributed by atoms with E-state index in [2.05, 4.69) is 120 Å². The summed E-state index contributed by atoms with van der Waals surface area (Å²) in [4.78, 5) is 14.5. The van der Waals surface area contributed by atoms with Gasteiger partial charge in [-0.05, 0) is 59.4 Å². The lowest BCUT2D eigenvalue weighted by molar-refractivity contribution is -0.485. The third-order valence-electron chi connectivity index (χ3n) is 8.81. The molecule has 3 aromatic carbocycles. The molecule has 0 aliphatic carbocycles. The molecule has 3 aromatic rings. The smallest absolute Gasteiger partial charge is 0.335 e. The van der Waals surface area contributed by atoms with Crippen LogP contribution in [0, 0.1) is 0 Å². The van der Waals surface area contributed by atoms with Gasteiger partial charge in [-0.25, -0.2) is 9.98 Å². The summed E-state index contributed by atoms with van der Waals surface area (Å²) in [6, 6.07) is 25.5. The molecule has 2 heterocycles. The molecule has 8 nitrogen and oxygen atoms in total. The van der Waals surface area contributed by atoms with Gasteiger partial charge in [0, 0.05) is 0 Å². The molecule has 0 saturated heterocycles. The molecule has 0 saturated carbocycles. The standard InChI is InChI=1S/C38H50N6O2/c1-7-9-23-43-27-25-41(3)37(43)35(45-5)39-33-19-15-31(16-20-33)29-11-13-30(14-12-29)32-17-21-34(22-18-32)40-36(46-6)38-42(4)26-28-44(38)24-10-8-2/h11-22H,7-10,23-28H2,1-6H3/q+2. The highest BCUT2D eigenvalue weighted by atomic mass is 16.5. The molecule has 0 spiro atoms. The van der Waals surface area contributed by atoms with Crippen molar-refractivity contribution in [3.05, 3.63) is 72.8 Å². The van der Waals surface area contributed by atoms with Crippen LogP contribution in [0.15, 0.2) is 82.8 Å². The normalized spacial score (nSPS) is 15.8. The highest BCUT2D eigenvalue weighted by Gasteiger charge is 2.34. The van der Waals surface area contributed by atoms with E-state index < -0.39 is 0 Å². The number of amidine groups is 2. The molecule has 8 heteroatoms. The van der Waals surface area contributed by atoms with E-state index in [1.165, 1.54) is 12.8 Å². The van der Waals surface area contributed by atoms with Crippen molar-refractivity contribution in [3.8, 4) is 22.3 Å². The number of ether oxygens (including phenoxy) is 2. The largest absolute Gasteiger partial charge is 0.475 e. The van der Waals surface area contributed by atoms with Gasteiger partial charge in [-0.2, -0.15) is 0 Å². The fourth-order valence-corrected chi connectivity index (χ4v) is 6.10. The van der Waals surface area contributed by atoms with E-state index in [1.54, 1.807) is 14.2 Å². The van der Waals surface area contributed by atoms with E-state index in [1.807, 2.05) is 0 Å². The first kappa shape index (κ1) is 32.9. The van der Waals surface area contributed by atoms with Crippen molar-refractivity contribution >= 4 is 34.8 Å². The van der Waals surface area contributed by atoms with Gasteiger partial charge in [0.1, 0.15) is 26.2 Å². The number of unbranched alkanes of at least 4 members (excludes halogenated alkanes) is 2.